The van der Waals surface area contributed by atoms with E-state index in [0.717, 1.165) is 44.2 Å². The number of fused-ring (bicyclic) bond motifs is 4. The third kappa shape index (κ3) is 2.72. The molecule has 126 valence electrons. The molecule has 0 atom stereocenters. The fourth-order valence-corrected chi connectivity index (χ4v) is 3.43. The number of aromatic nitrogens is 1. The summed E-state index contributed by atoms with van der Waals surface area (Å²) in [7, 11) is 3.72. The van der Waals surface area contributed by atoms with Gasteiger partial charge in [-0.2, -0.15) is 0 Å². The van der Waals surface area contributed by atoms with Gasteiger partial charge in [-0.3, -0.25) is 9.59 Å². The van der Waals surface area contributed by atoms with Gasteiger partial charge in [0.25, 0.3) is 5.56 Å². The topological polar surface area (TPSA) is 65.2 Å². The summed E-state index contributed by atoms with van der Waals surface area (Å²) in [5, 5.41) is 6.53. The summed E-state index contributed by atoms with van der Waals surface area (Å²) < 4.78 is 0. The molecule has 0 bridgehead atoms. The number of hydrogen-bond acceptors (Lipinski definition) is 3. The number of nitrogens with one attached hydrogen (secondary N) is 2. The standard InChI is InChI=1S/C20H19N3O2/c1-23(2)11-18(24)21-13-7-8-14-12(9-13)10-17-15-5-3-4-6-16(15)20(25)22-19(14)17/h3-4,6-10H,5,11H2,1-2H3,(H,21,24)(H,22,25). The van der Waals surface area contributed by atoms with Gasteiger partial charge in [0.05, 0.1) is 11.9 Å². The Hall–Kier alpha value is -2.92. The van der Waals surface area contributed by atoms with Gasteiger partial charge in [-0.25, -0.2) is 0 Å². The van der Waals surface area contributed by atoms with E-state index in [4.69, 9.17) is 0 Å². The minimum Gasteiger partial charge on any atom is -0.325 e. The lowest BCUT2D eigenvalue weighted by atomic mass is 10.0. The van der Waals surface area contributed by atoms with Gasteiger partial charge in [0, 0.05) is 21.7 Å². The zero-order valence-corrected chi connectivity index (χ0v) is 14.2. The van der Waals surface area contributed by atoms with E-state index >= 15 is 0 Å². The molecule has 1 aromatic heterocycles. The number of carbonyl (C=O) groups excluding carboxylic acids is 1. The van der Waals surface area contributed by atoms with Crippen LogP contribution < -0.4 is 21.3 Å². The number of amides is 1. The number of likely N-dealkylation sites (N-methyl/N-ethyl adjacent to an activating group) is 1. The van der Waals surface area contributed by atoms with Crippen molar-refractivity contribution in [2.45, 2.75) is 6.42 Å². The molecule has 0 aliphatic heterocycles. The highest BCUT2D eigenvalue weighted by molar-refractivity contribution is 5.92. The van der Waals surface area contributed by atoms with Crippen molar-refractivity contribution >= 4 is 23.7 Å². The van der Waals surface area contributed by atoms with Gasteiger partial charge in [0.15, 0.2) is 0 Å². The molecule has 0 fully saturated rings. The van der Waals surface area contributed by atoms with Crippen molar-refractivity contribution in [1.29, 1.82) is 0 Å². The molecule has 5 nitrogen and oxygen atoms in total. The monoisotopic (exact) mass is 333 g/mol. The van der Waals surface area contributed by atoms with Gasteiger partial charge >= 0.3 is 0 Å². The molecule has 0 saturated carbocycles. The van der Waals surface area contributed by atoms with Crippen LogP contribution in [0, 0.1) is 10.6 Å². The highest BCUT2D eigenvalue weighted by Gasteiger charge is 2.13. The Morgan fingerprint density at radius 2 is 2.16 bits per heavy atom. The van der Waals surface area contributed by atoms with Crippen molar-refractivity contribution < 1.29 is 4.79 Å². The Morgan fingerprint density at radius 3 is 2.96 bits per heavy atom. The molecule has 2 aromatic rings. The van der Waals surface area contributed by atoms with Crippen molar-refractivity contribution in [3.05, 3.63) is 72.8 Å². The second-order valence-electron chi connectivity index (χ2n) is 6.67. The van der Waals surface area contributed by atoms with Crippen molar-refractivity contribution in [2.24, 2.45) is 0 Å². The van der Waals surface area contributed by atoms with E-state index < -0.39 is 0 Å². The SMILES string of the molecule is CN(C)CC(=O)Nc1ccc2c(c1)=Cc1c3c(c(=O)[nH]c1=2)=CC=CC3. The van der Waals surface area contributed by atoms with E-state index in [1.807, 2.05) is 49.3 Å². The maximum atomic E-state index is 12.4. The van der Waals surface area contributed by atoms with Crippen molar-refractivity contribution in [2.75, 3.05) is 26.0 Å². The summed E-state index contributed by atoms with van der Waals surface area (Å²) in [4.78, 5) is 29.1. The lowest BCUT2D eigenvalue weighted by molar-refractivity contribution is -0.116. The molecular weight excluding hydrogens is 314 g/mol. The van der Waals surface area contributed by atoms with E-state index in [2.05, 4.69) is 22.5 Å². The number of allylic oxidation sites excluding steroid dienone is 2. The van der Waals surface area contributed by atoms with Crippen molar-refractivity contribution in [3.8, 4) is 0 Å². The Balaban J connectivity index is 1.83. The number of H-pyrrole nitrogens is 1. The van der Waals surface area contributed by atoms with Crippen LogP contribution in [0.4, 0.5) is 5.69 Å². The van der Waals surface area contributed by atoms with Crippen LogP contribution in [0.2, 0.25) is 0 Å². The Bertz CT molecular complexity index is 1190. The fourth-order valence-electron chi connectivity index (χ4n) is 3.43. The number of aromatic amines is 1. The smallest absolute Gasteiger partial charge is 0.256 e. The number of benzene rings is 1. The molecule has 5 heteroatoms. The van der Waals surface area contributed by atoms with Gasteiger partial charge in [0.1, 0.15) is 0 Å². The maximum absolute atomic E-state index is 12.4. The maximum Gasteiger partial charge on any atom is 0.256 e. The average molecular weight is 333 g/mol. The first-order valence-electron chi connectivity index (χ1n) is 8.25. The van der Waals surface area contributed by atoms with Gasteiger partial charge in [-0.15, -0.1) is 0 Å². The van der Waals surface area contributed by atoms with Crippen LogP contribution in [0.3, 0.4) is 0 Å². The molecule has 2 aliphatic carbocycles. The van der Waals surface area contributed by atoms with Gasteiger partial charge < -0.3 is 15.2 Å². The highest BCUT2D eigenvalue weighted by atomic mass is 16.2. The minimum atomic E-state index is -0.0530. The summed E-state index contributed by atoms with van der Waals surface area (Å²) >= 11 is 0. The fraction of sp³-hybridized carbons (Fsp3) is 0.200. The number of rotatable bonds is 3. The van der Waals surface area contributed by atoms with E-state index in [1.54, 1.807) is 0 Å². The highest BCUT2D eigenvalue weighted by Crippen LogP contribution is 2.14. The number of carbonyl (C=O) groups is 1. The first-order chi connectivity index (χ1) is 12.0. The molecule has 25 heavy (non-hydrogen) atoms. The molecule has 4 rings (SSSR count). The van der Waals surface area contributed by atoms with Crippen molar-refractivity contribution in [1.82, 2.24) is 9.88 Å². The molecular formula is C20H19N3O2. The van der Waals surface area contributed by atoms with Crippen LogP contribution in [0.5, 0.6) is 0 Å². The average Bonchev–Trinajstić information content (AvgIpc) is 2.92. The minimum absolute atomic E-state index is 0.0500. The van der Waals surface area contributed by atoms with Crippen LogP contribution in [-0.4, -0.2) is 36.4 Å². The first kappa shape index (κ1) is 15.6. The molecule has 2 aliphatic rings. The van der Waals surface area contributed by atoms with Crippen LogP contribution in [0.15, 0.2) is 35.1 Å². The second kappa shape index (κ2) is 5.86. The number of hydrogen-bond donors (Lipinski definition) is 2. The van der Waals surface area contributed by atoms with Crippen molar-refractivity contribution in [3.63, 3.8) is 0 Å². The number of nitrogens with zero attached hydrogens (tertiary/aromatic N) is 1. The number of anilines is 1. The molecule has 1 aromatic carbocycles. The van der Waals surface area contributed by atoms with Gasteiger partial charge in [0.2, 0.25) is 5.91 Å². The molecule has 1 heterocycles. The summed E-state index contributed by atoms with van der Waals surface area (Å²) in [5.41, 5.74) is 2.85. The molecule has 0 saturated heterocycles. The quantitative estimate of drug-likeness (QED) is 0.720. The Kier molecular flexibility index (Phi) is 3.66. The predicted molar refractivity (Wildman–Crippen MR) is 98.5 cm³/mol. The van der Waals surface area contributed by atoms with E-state index in [0.29, 0.717) is 6.54 Å². The third-order valence-corrected chi connectivity index (χ3v) is 4.49. The third-order valence-electron chi connectivity index (χ3n) is 4.49. The molecule has 0 unspecified atom stereocenters. The van der Waals surface area contributed by atoms with Crippen LogP contribution in [-0.2, 0) is 11.2 Å². The molecule has 1 amide bonds. The predicted octanol–water partition coefficient (Wildman–Crippen LogP) is 0.197. The largest absolute Gasteiger partial charge is 0.325 e. The molecule has 0 radical (unpaired) electrons. The van der Waals surface area contributed by atoms with E-state index in [-0.39, 0.29) is 11.5 Å². The van der Waals surface area contributed by atoms with Gasteiger partial charge in [-0.05, 0) is 55.6 Å². The van der Waals surface area contributed by atoms with Crippen LogP contribution in [0.25, 0.3) is 12.2 Å². The van der Waals surface area contributed by atoms with Crippen LogP contribution in [0.1, 0.15) is 11.1 Å². The first-order valence-corrected chi connectivity index (χ1v) is 8.25. The zero-order chi connectivity index (χ0) is 17.6. The number of pyridine rings is 1. The summed E-state index contributed by atoms with van der Waals surface area (Å²) in [6.07, 6.45) is 8.70. The molecule has 2 N–H and O–H groups in total. The summed E-state index contributed by atoms with van der Waals surface area (Å²) in [5.74, 6) is -0.0500. The van der Waals surface area contributed by atoms with E-state index in [1.165, 1.54) is 0 Å². The summed E-state index contributed by atoms with van der Waals surface area (Å²) in [6, 6.07) is 5.78. The Labute approximate surface area is 144 Å². The molecule has 0 spiro atoms. The lowest BCUT2D eigenvalue weighted by Gasteiger charge is -2.09. The summed E-state index contributed by atoms with van der Waals surface area (Å²) in [6.45, 7) is 0.337. The zero-order valence-electron chi connectivity index (χ0n) is 14.2. The van der Waals surface area contributed by atoms with Crippen LogP contribution >= 0.6 is 0 Å². The van der Waals surface area contributed by atoms with E-state index in [9.17, 15) is 9.59 Å². The normalized spacial score (nSPS) is 13.6. The second-order valence-corrected chi connectivity index (χ2v) is 6.67. The lowest BCUT2D eigenvalue weighted by Crippen LogP contribution is -2.33. The Morgan fingerprint density at radius 1 is 1.32 bits per heavy atom. The van der Waals surface area contributed by atoms with Gasteiger partial charge in [-0.1, -0.05) is 18.2 Å².